The molecule has 0 aliphatic carbocycles. The number of hydrogen-bond donors (Lipinski definition) is 0. The fourth-order valence-electron chi connectivity index (χ4n) is 1.80. The molecule has 2 aromatic carbocycles. The Labute approximate surface area is 122 Å². The Morgan fingerprint density at radius 2 is 1.84 bits per heavy atom. The van der Waals surface area contributed by atoms with Gasteiger partial charge in [-0.05, 0) is 17.7 Å². The van der Waals surface area contributed by atoms with Gasteiger partial charge >= 0.3 is 0 Å². The fraction of sp³-hybridized carbons (Fsp3) is 0.133. The van der Waals surface area contributed by atoms with E-state index in [4.69, 9.17) is 28.0 Å². The minimum Gasteiger partial charge on any atom is -0.399 e. The van der Waals surface area contributed by atoms with Crippen molar-refractivity contribution in [3.8, 4) is 0 Å². The van der Waals surface area contributed by atoms with Crippen molar-refractivity contribution in [2.75, 3.05) is 7.11 Å². The zero-order valence-corrected chi connectivity index (χ0v) is 11.9. The van der Waals surface area contributed by atoms with Gasteiger partial charge in [-0.1, -0.05) is 64.8 Å². The van der Waals surface area contributed by atoms with Gasteiger partial charge < -0.3 is 4.84 Å². The second kappa shape index (κ2) is 6.60. The second-order valence-electron chi connectivity index (χ2n) is 4.01. The molecule has 0 atom stereocenters. The molecule has 0 saturated heterocycles. The van der Waals surface area contributed by atoms with Crippen LogP contribution in [0.3, 0.4) is 0 Å². The van der Waals surface area contributed by atoms with E-state index < -0.39 is 0 Å². The van der Waals surface area contributed by atoms with Crippen LogP contribution in [0.2, 0.25) is 10.0 Å². The van der Waals surface area contributed by atoms with Crippen LogP contribution in [0.4, 0.5) is 0 Å². The van der Waals surface area contributed by atoms with Gasteiger partial charge in [0.15, 0.2) is 0 Å². The molecular formula is C15H13Cl2NO. The SMILES string of the molecule is CON=C(Cc1ccccc1)c1ccc(Cl)cc1Cl. The molecule has 0 radical (unpaired) electrons. The molecule has 0 fully saturated rings. The van der Waals surface area contributed by atoms with Crippen LogP contribution in [0.5, 0.6) is 0 Å². The lowest BCUT2D eigenvalue weighted by atomic mass is 10.0. The summed E-state index contributed by atoms with van der Waals surface area (Å²) in [6, 6.07) is 15.4. The van der Waals surface area contributed by atoms with Gasteiger partial charge in [0.2, 0.25) is 0 Å². The lowest BCUT2D eigenvalue weighted by Gasteiger charge is -2.08. The van der Waals surface area contributed by atoms with Crippen LogP contribution >= 0.6 is 23.2 Å². The number of oxime groups is 1. The Morgan fingerprint density at radius 1 is 1.11 bits per heavy atom. The molecule has 0 aliphatic heterocycles. The molecule has 4 heteroatoms. The zero-order valence-electron chi connectivity index (χ0n) is 10.4. The molecule has 0 aliphatic rings. The molecule has 0 spiro atoms. The first-order valence-electron chi connectivity index (χ1n) is 5.80. The number of rotatable bonds is 4. The van der Waals surface area contributed by atoms with Gasteiger partial charge in [0.1, 0.15) is 7.11 Å². The lowest BCUT2D eigenvalue weighted by molar-refractivity contribution is 0.213. The highest BCUT2D eigenvalue weighted by molar-refractivity contribution is 6.37. The van der Waals surface area contributed by atoms with Crippen LogP contribution in [-0.2, 0) is 11.3 Å². The van der Waals surface area contributed by atoms with Crippen LogP contribution in [-0.4, -0.2) is 12.8 Å². The third kappa shape index (κ3) is 3.72. The standard InChI is InChI=1S/C15H13Cl2NO/c1-19-18-15(9-11-5-3-2-4-6-11)13-8-7-12(16)10-14(13)17/h2-8,10H,9H2,1H3. The van der Waals surface area contributed by atoms with E-state index in [1.807, 2.05) is 36.4 Å². The summed E-state index contributed by atoms with van der Waals surface area (Å²) < 4.78 is 0. The molecule has 0 aromatic heterocycles. The molecule has 98 valence electrons. The Morgan fingerprint density at radius 3 is 2.47 bits per heavy atom. The quantitative estimate of drug-likeness (QED) is 0.597. The highest BCUT2D eigenvalue weighted by Gasteiger charge is 2.10. The van der Waals surface area contributed by atoms with Crippen molar-refractivity contribution in [3.63, 3.8) is 0 Å². The minimum absolute atomic E-state index is 0.569. The van der Waals surface area contributed by atoms with E-state index in [1.54, 1.807) is 12.1 Å². The molecule has 0 amide bonds. The van der Waals surface area contributed by atoms with Crippen LogP contribution in [0.15, 0.2) is 53.7 Å². The molecule has 0 unspecified atom stereocenters. The average Bonchev–Trinajstić information content (AvgIpc) is 2.39. The summed E-state index contributed by atoms with van der Waals surface area (Å²) in [7, 11) is 1.52. The van der Waals surface area contributed by atoms with Gasteiger partial charge in [-0.3, -0.25) is 0 Å². The van der Waals surface area contributed by atoms with E-state index in [-0.39, 0.29) is 0 Å². The fourth-order valence-corrected chi connectivity index (χ4v) is 2.32. The number of benzene rings is 2. The van der Waals surface area contributed by atoms with Gasteiger partial charge in [-0.25, -0.2) is 0 Å². The predicted molar refractivity (Wildman–Crippen MR) is 80.2 cm³/mol. The summed E-state index contributed by atoms with van der Waals surface area (Å²) in [4.78, 5) is 4.91. The molecule has 2 nitrogen and oxygen atoms in total. The average molecular weight is 294 g/mol. The summed E-state index contributed by atoms with van der Waals surface area (Å²) in [6.07, 6.45) is 0.649. The van der Waals surface area contributed by atoms with Crippen LogP contribution in [0, 0.1) is 0 Å². The molecular weight excluding hydrogens is 281 g/mol. The Kier molecular flexibility index (Phi) is 4.83. The topological polar surface area (TPSA) is 21.6 Å². The predicted octanol–water partition coefficient (Wildman–Crippen LogP) is 4.59. The highest BCUT2D eigenvalue weighted by Crippen LogP contribution is 2.23. The lowest BCUT2D eigenvalue weighted by Crippen LogP contribution is -2.07. The van der Waals surface area contributed by atoms with E-state index in [1.165, 1.54) is 7.11 Å². The van der Waals surface area contributed by atoms with E-state index in [9.17, 15) is 0 Å². The van der Waals surface area contributed by atoms with E-state index in [2.05, 4.69) is 5.16 Å². The van der Waals surface area contributed by atoms with Gasteiger partial charge in [-0.15, -0.1) is 0 Å². The van der Waals surface area contributed by atoms with Crippen molar-refractivity contribution in [2.45, 2.75) is 6.42 Å². The van der Waals surface area contributed by atoms with Gasteiger partial charge in [0.25, 0.3) is 0 Å². The summed E-state index contributed by atoms with van der Waals surface area (Å²) in [5.74, 6) is 0. The Hall–Kier alpha value is -1.51. The molecule has 0 saturated carbocycles. The first kappa shape index (κ1) is 13.9. The maximum absolute atomic E-state index is 6.21. The van der Waals surface area contributed by atoms with Crippen LogP contribution in [0.25, 0.3) is 0 Å². The first-order chi connectivity index (χ1) is 9.20. The third-order valence-corrected chi connectivity index (χ3v) is 3.21. The van der Waals surface area contributed by atoms with Gasteiger partial charge in [0.05, 0.1) is 10.7 Å². The summed E-state index contributed by atoms with van der Waals surface area (Å²) in [6.45, 7) is 0. The normalized spacial score (nSPS) is 11.4. The monoisotopic (exact) mass is 293 g/mol. The zero-order chi connectivity index (χ0) is 13.7. The largest absolute Gasteiger partial charge is 0.399 e. The minimum atomic E-state index is 0.569. The third-order valence-electron chi connectivity index (χ3n) is 2.66. The van der Waals surface area contributed by atoms with Crippen molar-refractivity contribution in [2.24, 2.45) is 5.16 Å². The van der Waals surface area contributed by atoms with Crippen molar-refractivity contribution in [1.29, 1.82) is 0 Å². The summed E-state index contributed by atoms with van der Waals surface area (Å²) in [5.41, 5.74) is 2.75. The van der Waals surface area contributed by atoms with Crippen molar-refractivity contribution >= 4 is 28.9 Å². The van der Waals surface area contributed by atoms with Crippen LogP contribution < -0.4 is 0 Å². The molecule has 0 heterocycles. The maximum atomic E-state index is 6.21. The van der Waals surface area contributed by atoms with E-state index >= 15 is 0 Å². The van der Waals surface area contributed by atoms with E-state index in [0.29, 0.717) is 16.5 Å². The summed E-state index contributed by atoms with van der Waals surface area (Å²) >= 11 is 12.1. The number of halogens is 2. The van der Waals surface area contributed by atoms with Gasteiger partial charge in [0, 0.05) is 17.0 Å². The molecule has 0 bridgehead atoms. The first-order valence-corrected chi connectivity index (χ1v) is 6.55. The second-order valence-corrected chi connectivity index (χ2v) is 4.85. The van der Waals surface area contributed by atoms with Gasteiger partial charge in [-0.2, -0.15) is 0 Å². The summed E-state index contributed by atoms with van der Waals surface area (Å²) in [5, 5.41) is 5.24. The smallest absolute Gasteiger partial charge is 0.106 e. The van der Waals surface area contributed by atoms with Crippen molar-refractivity contribution in [3.05, 3.63) is 69.7 Å². The molecule has 19 heavy (non-hydrogen) atoms. The Balaban J connectivity index is 2.33. The molecule has 2 rings (SSSR count). The van der Waals surface area contributed by atoms with Crippen LogP contribution in [0.1, 0.15) is 11.1 Å². The molecule has 2 aromatic rings. The van der Waals surface area contributed by atoms with E-state index in [0.717, 1.165) is 16.8 Å². The number of nitrogens with zero attached hydrogens (tertiary/aromatic N) is 1. The van der Waals surface area contributed by atoms with Crippen molar-refractivity contribution < 1.29 is 4.84 Å². The maximum Gasteiger partial charge on any atom is 0.106 e. The van der Waals surface area contributed by atoms with Crippen molar-refractivity contribution in [1.82, 2.24) is 0 Å². The number of hydrogen-bond acceptors (Lipinski definition) is 2. The highest BCUT2D eigenvalue weighted by atomic mass is 35.5. The molecule has 0 N–H and O–H groups in total. The Bertz CT molecular complexity index is 582.